The Morgan fingerprint density at radius 1 is 1.14 bits per heavy atom. The number of aromatic nitrogens is 1. The number of carbonyl (C=O) groups is 3. The molecule has 29 heavy (non-hydrogen) atoms. The van der Waals surface area contributed by atoms with E-state index in [2.05, 4.69) is 5.32 Å². The number of nitrogens with zero attached hydrogens (tertiary/aromatic N) is 2. The lowest BCUT2D eigenvalue weighted by Crippen LogP contribution is -2.26. The van der Waals surface area contributed by atoms with E-state index in [9.17, 15) is 14.4 Å². The fourth-order valence-electron chi connectivity index (χ4n) is 3.34. The summed E-state index contributed by atoms with van der Waals surface area (Å²) in [5, 5.41) is 2.59. The highest BCUT2D eigenvalue weighted by molar-refractivity contribution is 5.99. The zero-order valence-electron chi connectivity index (χ0n) is 17.7. The third-order valence-corrected chi connectivity index (χ3v) is 4.95. The van der Waals surface area contributed by atoms with Crippen LogP contribution in [0.4, 0.5) is 0 Å². The Morgan fingerprint density at radius 2 is 1.79 bits per heavy atom. The number of carbonyl (C=O) groups excluding carboxylic acids is 3. The van der Waals surface area contributed by atoms with Gasteiger partial charge in [0.05, 0.1) is 20.1 Å². The first-order valence-corrected chi connectivity index (χ1v) is 9.53. The SMILES string of the molecule is CNC(=O)c1ccc(CN(C)CC(=O)c2cc(C)n(CCC(=O)OC)c2C)cc1. The third-order valence-electron chi connectivity index (χ3n) is 4.95. The van der Waals surface area contributed by atoms with Gasteiger partial charge in [0.2, 0.25) is 0 Å². The molecule has 0 aliphatic rings. The average Bonchev–Trinajstić information content (AvgIpc) is 2.99. The standard InChI is InChI=1S/C22H29N3O4/c1-15-12-19(16(2)25(15)11-10-21(27)29-5)20(26)14-24(4)13-17-6-8-18(9-7-17)22(28)23-3/h6-9,12H,10-11,13-14H2,1-5H3,(H,23,28). The molecule has 1 heterocycles. The zero-order chi connectivity index (χ0) is 21.6. The van der Waals surface area contributed by atoms with Crippen LogP contribution in [0.25, 0.3) is 0 Å². The van der Waals surface area contributed by atoms with Gasteiger partial charge in [-0.15, -0.1) is 0 Å². The van der Waals surface area contributed by atoms with Crippen LogP contribution in [0.15, 0.2) is 30.3 Å². The number of likely N-dealkylation sites (N-methyl/N-ethyl adjacent to an activating group) is 1. The van der Waals surface area contributed by atoms with Crippen LogP contribution in [0.3, 0.4) is 0 Å². The van der Waals surface area contributed by atoms with Gasteiger partial charge in [-0.3, -0.25) is 19.3 Å². The van der Waals surface area contributed by atoms with E-state index < -0.39 is 0 Å². The molecule has 0 saturated heterocycles. The van der Waals surface area contributed by atoms with Crippen LogP contribution in [-0.4, -0.2) is 54.9 Å². The zero-order valence-corrected chi connectivity index (χ0v) is 17.7. The van der Waals surface area contributed by atoms with Crippen LogP contribution in [0, 0.1) is 13.8 Å². The number of aryl methyl sites for hydroxylation is 1. The smallest absolute Gasteiger partial charge is 0.307 e. The molecule has 0 aliphatic heterocycles. The van der Waals surface area contributed by atoms with Crippen molar-refractivity contribution in [3.63, 3.8) is 0 Å². The Labute approximate surface area is 171 Å². The number of rotatable bonds is 9. The van der Waals surface area contributed by atoms with Crippen molar-refractivity contribution < 1.29 is 19.1 Å². The fraction of sp³-hybridized carbons (Fsp3) is 0.409. The van der Waals surface area contributed by atoms with Crippen molar-refractivity contribution in [3.8, 4) is 0 Å². The summed E-state index contributed by atoms with van der Waals surface area (Å²) in [5.41, 5.74) is 4.11. The molecule has 1 aromatic carbocycles. The Balaban J connectivity index is 2.00. The van der Waals surface area contributed by atoms with E-state index in [1.54, 1.807) is 19.2 Å². The Morgan fingerprint density at radius 3 is 2.38 bits per heavy atom. The lowest BCUT2D eigenvalue weighted by molar-refractivity contribution is -0.140. The van der Waals surface area contributed by atoms with Crippen LogP contribution >= 0.6 is 0 Å². The number of amides is 1. The van der Waals surface area contributed by atoms with E-state index in [-0.39, 0.29) is 30.6 Å². The monoisotopic (exact) mass is 399 g/mol. The summed E-state index contributed by atoms with van der Waals surface area (Å²) in [6, 6.07) is 9.22. The van der Waals surface area contributed by atoms with Gasteiger partial charge in [0.1, 0.15) is 0 Å². The summed E-state index contributed by atoms with van der Waals surface area (Å²) in [6.07, 6.45) is 0.270. The molecule has 1 amide bonds. The minimum atomic E-state index is -0.271. The average molecular weight is 399 g/mol. The Hall–Kier alpha value is -2.93. The summed E-state index contributed by atoms with van der Waals surface area (Å²) < 4.78 is 6.67. The molecule has 0 aliphatic carbocycles. The number of hydrogen-bond donors (Lipinski definition) is 1. The van der Waals surface area contributed by atoms with Crippen LogP contribution in [-0.2, 0) is 22.6 Å². The summed E-state index contributed by atoms with van der Waals surface area (Å²) in [6.45, 7) is 5.19. The third kappa shape index (κ3) is 5.77. The van der Waals surface area contributed by atoms with Gasteiger partial charge < -0.3 is 14.6 Å². The van der Waals surface area contributed by atoms with Gasteiger partial charge in [0.25, 0.3) is 5.91 Å². The molecule has 0 bridgehead atoms. The van der Waals surface area contributed by atoms with Crippen LogP contribution < -0.4 is 5.32 Å². The number of methoxy groups -OCH3 is 1. The molecule has 7 nitrogen and oxygen atoms in total. The van der Waals surface area contributed by atoms with Gasteiger partial charge in [-0.1, -0.05) is 12.1 Å². The summed E-state index contributed by atoms with van der Waals surface area (Å²) in [4.78, 5) is 37.8. The van der Waals surface area contributed by atoms with Crippen molar-refractivity contribution >= 4 is 17.7 Å². The molecule has 1 N–H and O–H groups in total. The maximum absolute atomic E-state index is 12.8. The molecule has 0 unspecified atom stereocenters. The number of benzene rings is 1. The van der Waals surface area contributed by atoms with Crippen molar-refractivity contribution in [2.24, 2.45) is 0 Å². The highest BCUT2D eigenvalue weighted by Gasteiger charge is 2.18. The molecule has 1 aromatic heterocycles. The quantitative estimate of drug-likeness (QED) is 0.517. The van der Waals surface area contributed by atoms with Crippen LogP contribution in [0.5, 0.6) is 0 Å². The second-order valence-corrected chi connectivity index (χ2v) is 7.13. The number of Topliss-reactive ketones (excluding diaryl/α,β-unsaturated/α-hetero) is 1. The van der Waals surface area contributed by atoms with Crippen molar-refractivity contribution in [3.05, 3.63) is 58.4 Å². The molecule has 0 fully saturated rings. The Bertz CT molecular complexity index is 884. The molecule has 156 valence electrons. The van der Waals surface area contributed by atoms with Crippen molar-refractivity contribution in [2.45, 2.75) is 33.4 Å². The first kappa shape index (κ1) is 22.4. The molecule has 0 saturated carbocycles. The highest BCUT2D eigenvalue weighted by atomic mass is 16.5. The van der Waals surface area contributed by atoms with Crippen molar-refractivity contribution in [2.75, 3.05) is 27.7 Å². The molecule has 7 heteroatoms. The molecular weight excluding hydrogens is 370 g/mol. The van der Waals surface area contributed by atoms with E-state index in [1.165, 1.54) is 7.11 Å². The minimum absolute atomic E-state index is 0.0342. The maximum Gasteiger partial charge on any atom is 0.307 e. The van der Waals surface area contributed by atoms with Crippen molar-refractivity contribution in [1.82, 2.24) is 14.8 Å². The second kappa shape index (κ2) is 10.0. The molecule has 0 radical (unpaired) electrons. The molecule has 2 aromatic rings. The van der Waals surface area contributed by atoms with Crippen molar-refractivity contribution in [1.29, 1.82) is 0 Å². The molecule has 2 rings (SSSR count). The number of ketones is 1. The number of hydrogen-bond acceptors (Lipinski definition) is 5. The largest absolute Gasteiger partial charge is 0.469 e. The van der Waals surface area contributed by atoms with E-state index in [4.69, 9.17) is 4.74 Å². The van der Waals surface area contributed by atoms with Gasteiger partial charge in [-0.25, -0.2) is 0 Å². The van der Waals surface area contributed by atoms with Gasteiger partial charge >= 0.3 is 5.97 Å². The number of esters is 1. The maximum atomic E-state index is 12.8. The Kier molecular flexibility index (Phi) is 7.73. The second-order valence-electron chi connectivity index (χ2n) is 7.13. The first-order valence-electron chi connectivity index (χ1n) is 9.53. The van der Waals surface area contributed by atoms with Crippen LogP contribution in [0.1, 0.15) is 44.1 Å². The fourth-order valence-corrected chi connectivity index (χ4v) is 3.34. The first-order chi connectivity index (χ1) is 13.8. The molecule has 0 spiro atoms. The number of ether oxygens (including phenoxy) is 1. The van der Waals surface area contributed by atoms with E-state index in [0.717, 1.165) is 17.0 Å². The van der Waals surface area contributed by atoms with Gasteiger partial charge in [0.15, 0.2) is 5.78 Å². The van der Waals surface area contributed by atoms with Gasteiger partial charge in [-0.05, 0) is 44.7 Å². The lowest BCUT2D eigenvalue weighted by Gasteiger charge is -2.16. The minimum Gasteiger partial charge on any atom is -0.469 e. The molecule has 0 atom stereocenters. The predicted molar refractivity (Wildman–Crippen MR) is 111 cm³/mol. The normalized spacial score (nSPS) is 10.8. The highest BCUT2D eigenvalue weighted by Crippen LogP contribution is 2.17. The summed E-state index contributed by atoms with van der Waals surface area (Å²) in [7, 11) is 4.86. The van der Waals surface area contributed by atoms with E-state index in [1.807, 2.05) is 48.6 Å². The molecular formula is C22H29N3O4. The van der Waals surface area contributed by atoms with Gasteiger partial charge in [0, 0.05) is 42.7 Å². The summed E-state index contributed by atoms with van der Waals surface area (Å²) in [5.74, 6) is -0.359. The van der Waals surface area contributed by atoms with E-state index >= 15 is 0 Å². The van der Waals surface area contributed by atoms with Gasteiger partial charge in [-0.2, -0.15) is 0 Å². The lowest BCUT2D eigenvalue weighted by atomic mass is 10.1. The number of nitrogens with one attached hydrogen (secondary N) is 1. The topological polar surface area (TPSA) is 80.6 Å². The summed E-state index contributed by atoms with van der Waals surface area (Å²) >= 11 is 0. The van der Waals surface area contributed by atoms with E-state index in [0.29, 0.717) is 24.2 Å². The van der Waals surface area contributed by atoms with Crippen LogP contribution in [0.2, 0.25) is 0 Å². The predicted octanol–water partition coefficient (Wildman–Crippen LogP) is 2.34.